The first kappa shape index (κ1) is 20.8. The first-order valence-electron chi connectivity index (χ1n) is 8.51. The van der Waals surface area contributed by atoms with E-state index in [2.05, 4.69) is 16.0 Å². The summed E-state index contributed by atoms with van der Waals surface area (Å²) in [6.07, 6.45) is 0. The standard InChI is InChI=1S/C20H23N3O5/c1-12(24)22-16-7-14(8-17(10-16)23-13(2)25)20(26)21-11-15-9-18(27-3)5-6-19(15)28-4/h5-10H,11H2,1-4H3,(H,21,26)(H,22,24)(H,23,25). The van der Waals surface area contributed by atoms with Crippen molar-refractivity contribution in [1.82, 2.24) is 5.32 Å². The smallest absolute Gasteiger partial charge is 0.251 e. The molecule has 0 aliphatic rings. The van der Waals surface area contributed by atoms with Crippen LogP contribution in [0.1, 0.15) is 29.8 Å². The van der Waals surface area contributed by atoms with Crippen LogP contribution >= 0.6 is 0 Å². The molecule has 148 valence electrons. The molecule has 3 amide bonds. The topological polar surface area (TPSA) is 106 Å². The molecule has 0 aliphatic heterocycles. The average Bonchev–Trinajstić information content (AvgIpc) is 2.64. The van der Waals surface area contributed by atoms with Crippen LogP contribution in [0.25, 0.3) is 0 Å². The molecule has 0 aromatic heterocycles. The molecule has 0 bridgehead atoms. The van der Waals surface area contributed by atoms with E-state index in [1.54, 1.807) is 38.5 Å². The Labute approximate surface area is 163 Å². The lowest BCUT2D eigenvalue weighted by Gasteiger charge is -2.13. The van der Waals surface area contributed by atoms with Gasteiger partial charge in [-0.2, -0.15) is 0 Å². The molecule has 0 saturated heterocycles. The maximum Gasteiger partial charge on any atom is 0.251 e. The summed E-state index contributed by atoms with van der Waals surface area (Å²) in [5, 5.41) is 8.03. The number of ether oxygens (including phenoxy) is 2. The van der Waals surface area contributed by atoms with Crippen molar-refractivity contribution in [3.05, 3.63) is 47.5 Å². The van der Waals surface area contributed by atoms with Crippen molar-refractivity contribution in [2.24, 2.45) is 0 Å². The summed E-state index contributed by atoms with van der Waals surface area (Å²) in [4.78, 5) is 35.3. The number of hydrogen-bond donors (Lipinski definition) is 3. The van der Waals surface area contributed by atoms with Gasteiger partial charge in [0.25, 0.3) is 5.91 Å². The number of carbonyl (C=O) groups excluding carboxylic acids is 3. The molecule has 0 heterocycles. The quantitative estimate of drug-likeness (QED) is 0.679. The largest absolute Gasteiger partial charge is 0.497 e. The average molecular weight is 385 g/mol. The zero-order valence-corrected chi connectivity index (χ0v) is 16.2. The molecule has 0 radical (unpaired) electrons. The second kappa shape index (κ2) is 9.40. The van der Waals surface area contributed by atoms with Crippen molar-refractivity contribution in [3.63, 3.8) is 0 Å². The Morgan fingerprint density at radius 1 is 0.857 bits per heavy atom. The van der Waals surface area contributed by atoms with Gasteiger partial charge in [-0.3, -0.25) is 14.4 Å². The third-order valence-electron chi connectivity index (χ3n) is 3.76. The summed E-state index contributed by atoms with van der Waals surface area (Å²) in [7, 11) is 3.10. The van der Waals surface area contributed by atoms with E-state index in [-0.39, 0.29) is 29.8 Å². The van der Waals surface area contributed by atoms with Gasteiger partial charge in [-0.05, 0) is 36.4 Å². The van der Waals surface area contributed by atoms with Gasteiger partial charge < -0.3 is 25.4 Å². The van der Waals surface area contributed by atoms with E-state index in [1.165, 1.54) is 26.0 Å². The fourth-order valence-corrected chi connectivity index (χ4v) is 2.61. The summed E-state index contributed by atoms with van der Waals surface area (Å²) in [5.74, 6) is 0.321. The van der Waals surface area contributed by atoms with Crippen molar-refractivity contribution >= 4 is 29.1 Å². The number of nitrogens with one attached hydrogen (secondary N) is 3. The highest BCUT2D eigenvalue weighted by atomic mass is 16.5. The Morgan fingerprint density at radius 3 is 1.96 bits per heavy atom. The molecule has 0 saturated carbocycles. The molecule has 8 heteroatoms. The van der Waals surface area contributed by atoms with E-state index in [0.29, 0.717) is 22.9 Å². The molecule has 2 aromatic carbocycles. The van der Waals surface area contributed by atoms with Gasteiger partial charge in [-0.15, -0.1) is 0 Å². The molecule has 28 heavy (non-hydrogen) atoms. The summed E-state index contributed by atoms with van der Waals surface area (Å²) >= 11 is 0. The van der Waals surface area contributed by atoms with E-state index < -0.39 is 0 Å². The predicted molar refractivity (Wildman–Crippen MR) is 106 cm³/mol. The highest BCUT2D eigenvalue weighted by Gasteiger charge is 2.12. The minimum absolute atomic E-state index is 0.207. The van der Waals surface area contributed by atoms with Gasteiger partial charge in [0.05, 0.1) is 14.2 Å². The third kappa shape index (κ3) is 5.73. The minimum Gasteiger partial charge on any atom is -0.497 e. The molecule has 0 fully saturated rings. The zero-order chi connectivity index (χ0) is 20.7. The Bertz CT molecular complexity index is 861. The molecule has 2 rings (SSSR count). The zero-order valence-electron chi connectivity index (χ0n) is 16.2. The highest BCUT2D eigenvalue weighted by Crippen LogP contribution is 2.24. The number of hydrogen-bond acceptors (Lipinski definition) is 5. The fourth-order valence-electron chi connectivity index (χ4n) is 2.61. The van der Waals surface area contributed by atoms with E-state index in [1.807, 2.05) is 0 Å². The Balaban J connectivity index is 2.23. The van der Waals surface area contributed by atoms with Crippen molar-refractivity contribution in [3.8, 4) is 11.5 Å². The van der Waals surface area contributed by atoms with Crippen LogP contribution in [-0.4, -0.2) is 31.9 Å². The van der Waals surface area contributed by atoms with Gasteiger partial charge in [-0.25, -0.2) is 0 Å². The van der Waals surface area contributed by atoms with Crippen LogP contribution in [0, 0.1) is 0 Å². The summed E-state index contributed by atoms with van der Waals surface area (Å²) in [5.41, 5.74) is 1.85. The van der Waals surface area contributed by atoms with Crippen LogP contribution < -0.4 is 25.4 Å². The molecule has 8 nitrogen and oxygen atoms in total. The van der Waals surface area contributed by atoms with Gasteiger partial charge in [0.15, 0.2) is 0 Å². The Morgan fingerprint density at radius 2 is 1.46 bits per heavy atom. The molecule has 0 unspecified atom stereocenters. The first-order chi connectivity index (χ1) is 13.3. The Hall–Kier alpha value is -3.55. The van der Waals surface area contributed by atoms with Gasteiger partial charge in [0, 0.05) is 42.9 Å². The minimum atomic E-state index is -0.372. The maximum absolute atomic E-state index is 12.6. The molecule has 0 atom stereocenters. The number of benzene rings is 2. The van der Waals surface area contributed by atoms with Gasteiger partial charge in [-0.1, -0.05) is 0 Å². The SMILES string of the molecule is COc1ccc(OC)c(CNC(=O)c2cc(NC(C)=O)cc(NC(C)=O)c2)c1. The Kier molecular flexibility index (Phi) is 6.97. The third-order valence-corrected chi connectivity index (χ3v) is 3.76. The number of anilines is 2. The van der Waals surface area contributed by atoms with E-state index in [9.17, 15) is 14.4 Å². The maximum atomic E-state index is 12.6. The number of rotatable bonds is 7. The molecular formula is C20H23N3O5. The number of carbonyl (C=O) groups is 3. The van der Waals surface area contributed by atoms with E-state index in [4.69, 9.17) is 9.47 Å². The monoisotopic (exact) mass is 385 g/mol. The first-order valence-corrected chi connectivity index (χ1v) is 8.51. The molecule has 2 aromatic rings. The van der Waals surface area contributed by atoms with Gasteiger partial charge in [0.2, 0.25) is 11.8 Å². The molecule has 0 aliphatic carbocycles. The van der Waals surface area contributed by atoms with Crippen molar-refractivity contribution in [2.45, 2.75) is 20.4 Å². The lowest BCUT2D eigenvalue weighted by Crippen LogP contribution is -2.23. The number of methoxy groups -OCH3 is 2. The van der Waals surface area contributed by atoms with Gasteiger partial charge in [0.1, 0.15) is 11.5 Å². The van der Waals surface area contributed by atoms with E-state index in [0.717, 1.165) is 5.56 Å². The van der Waals surface area contributed by atoms with Crippen molar-refractivity contribution in [1.29, 1.82) is 0 Å². The molecular weight excluding hydrogens is 362 g/mol. The van der Waals surface area contributed by atoms with Crippen LogP contribution in [0.4, 0.5) is 11.4 Å². The van der Waals surface area contributed by atoms with E-state index >= 15 is 0 Å². The van der Waals surface area contributed by atoms with Crippen LogP contribution in [-0.2, 0) is 16.1 Å². The normalized spacial score (nSPS) is 10.0. The van der Waals surface area contributed by atoms with Crippen LogP contribution in [0.5, 0.6) is 11.5 Å². The summed E-state index contributed by atoms with van der Waals surface area (Å²) in [6, 6.07) is 9.93. The fraction of sp³-hybridized carbons (Fsp3) is 0.250. The molecule has 0 spiro atoms. The molecule has 3 N–H and O–H groups in total. The van der Waals surface area contributed by atoms with Crippen molar-refractivity contribution in [2.75, 3.05) is 24.9 Å². The van der Waals surface area contributed by atoms with Crippen LogP contribution in [0.2, 0.25) is 0 Å². The lowest BCUT2D eigenvalue weighted by atomic mass is 10.1. The number of amides is 3. The van der Waals surface area contributed by atoms with Gasteiger partial charge >= 0.3 is 0 Å². The second-order valence-electron chi connectivity index (χ2n) is 6.02. The highest BCUT2D eigenvalue weighted by molar-refractivity contribution is 5.99. The van der Waals surface area contributed by atoms with Crippen LogP contribution in [0.15, 0.2) is 36.4 Å². The summed E-state index contributed by atoms with van der Waals surface area (Å²) < 4.78 is 10.5. The second-order valence-corrected chi connectivity index (χ2v) is 6.02. The summed E-state index contributed by atoms with van der Waals surface area (Å²) in [6.45, 7) is 2.93. The van der Waals surface area contributed by atoms with Crippen molar-refractivity contribution < 1.29 is 23.9 Å². The lowest BCUT2D eigenvalue weighted by molar-refractivity contribution is -0.115. The van der Waals surface area contributed by atoms with Crippen LogP contribution in [0.3, 0.4) is 0 Å². The predicted octanol–water partition coefficient (Wildman–Crippen LogP) is 2.55.